The van der Waals surface area contributed by atoms with Gasteiger partial charge in [-0.1, -0.05) is 40.9 Å². The molecule has 3 rings (SSSR count). The fraction of sp³-hybridized carbons (Fsp3) is 0.188. The van der Waals surface area contributed by atoms with Crippen LogP contribution in [-0.2, 0) is 17.9 Å². The molecular formula is C16H12BrCl3N6O3. The van der Waals surface area contributed by atoms with Gasteiger partial charge >= 0.3 is 5.82 Å². The van der Waals surface area contributed by atoms with Gasteiger partial charge in [-0.05, 0) is 38.5 Å². The summed E-state index contributed by atoms with van der Waals surface area (Å²) in [4.78, 5) is 22.4. The highest BCUT2D eigenvalue weighted by atomic mass is 79.9. The molecule has 0 fully saturated rings. The molecule has 0 aliphatic carbocycles. The van der Waals surface area contributed by atoms with Gasteiger partial charge in [0.25, 0.3) is 0 Å². The Labute approximate surface area is 187 Å². The Morgan fingerprint density at radius 1 is 1.17 bits per heavy atom. The number of nitrogens with one attached hydrogen (secondary N) is 1. The van der Waals surface area contributed by atoms with Crippen LogP contribution in [0.5, 0.6) is 0 Å². The van der Waals surface area contributed by atoms with Crippen molar-refractivity contribution in [1.29, 1.82) is 0 Å². The first-order valence-electron chi connectivity index (χ1n) is 8.07. The van der Waals surface area contributed by atoms with Crippen molar-refractivity contribution in [2.24, 2.45) is 0 Å². The molecule has 0 bridgehead atoms. The van der Waals surface area contributed by atoms with Crippen LogP contribution >= 0.6 is 50.7 Å². The summed E-state index contributed by atoms with van der Waals surface area (Å²) in [5.41, 5.74) is 0.791. The molecule has 0 radical (unpaired) electrons. The van der Waals surface area contributed by atoms with Gasteiger partial charge in [-0.3, -0.25) is 9.48 Å². The lowest BCUT2D eigenvalue weighted by Gasteiger charge is -2.05. The van der Waals surface area contributed by atoms with Crippen LogP contribution in [0.25, 0.3) is 0 Å². The molecule has 2 heterocycles. The Hall–Kier alpha value is -2.14. The van der Waals surface area contributed by atoms with Gasteiger partial charge in [0.05, 0.1) is 24.4 Å². The molecule has 0 aliphatic rings. The van der Waals surface area contributed by atoms with Gasteiger partial charge in [0, 0.05) is 22.7 Å². The zero-order valence-corrected chi connectivity index (χ0v) is 18.3. The molecule has 3 aromatic rings. The van der Waals surface area contributed by atoms with E-state index in [4.69, 9.17) is 34.8 Å². The molecule has 0 spiro atoms. The monoisotopic (exact) mass is 520 g/mol. The Bertz CT molecular complexity index is 1080. The third kappa shape index (κ3) is 5.47. The zero-order valence-electron chi connectivity index (χ0n) is 14.5. The van der Waals surface area contributed by atoms with E-state index in [1.807, 2.05) is 0 Å². The lowest BCUT2D eigenvalue weighted by molar-refractivity contribution is -0.390. The lowest BCUT2D eigenvalue weighted by atomic mass is 10.2. The summed E-state index contributed by atoms with van der Waals surface area (Å²) < 4.78 is 3.09. The molecule has 1 amide bonds. The van der Waals surface area contributed by atoms with Crippen molar-refractivity contribution in [2.75, 3.05) is 5.32 Å². The predicted octanol–water partition coefficient (Wildman–Crippen LogP) is 4.79. The molecular weight excluding hydrogens is 510 g/mol. The molecule has 0 atom stereocenters. The number of aryl methyl sites for hydroxylation is 1. The number of nitrogens with zero attached hydrogens (tertiary/aromatic N) is 5. The predicted molar refractivity (Wildman–Crippen MR) is 113 cm³/mol. The second-order valence-corrected chi connectivity index (χ2v) is 7.98. The Kier molecular flexibility index (Phi) is 6.78. The number of carbonyl (C=O) groups is 1. The van der Waals surface area contributed by atoms with E-state index < -0.39 is 4.92 Å². The van der Waals surface area contributed by atoms with E-state index in [-0.39, 0.29) is 40.0 Å². The van der Waals surface area contributed by atoms with Crippen molar-refractivity contribution in [1.82, 2.24) is 19.6 Å². The average Bonchev–Trinajstić information content (AvgIpc) is 3.18. The molecule has 0 saturated carbocycles. The number of benzene rings is 1. The Balaban J connectivity index is 1.61. The van der Waals surface area contributed by atoms with E-state index in [0.717, 1.165) is 5.56 Å². The zero-order chi connectivity index (χ0) is 21.1. The lowest BCUT2D eigenvalue weighted by Crippen LogP contribution is -2.15. The van der Waals surface area contributed by atoms with Crippen LogP contribution in [0, 0.1) is 10.1 Å². The maximum atomic E-state index is 12.2. The van der Waals surface area contributed by atoms with Crippen LogP contribution in [0.3, 0.4) is 0 Å². The topological polar surface area (TPSA) is 108 Å². The number of anilines is 1. The van der Waals surface area contributed by atoms with Crippen molar-refractivity contribution in [3.8, 4) is 0 Å². The fourth-order valence-electron chi connectivity index (χ4n) is 2.42. The van der Waals surface area contributed by atoms with Crippen LogP contribution < -0.4 is 5.32 Å². The van der Waals surface area contributed by atoms with Crippen LogP contribution in [0.4, 0.5) is 11.6 Å². The number of carbonyl (C=O) groups excluding carboxylic acids is 1. The van der Waals surface area contributed by atoms with E-state index in [0.29, 0.717) is 16.6 Å². The molecule has 0 saturated heterocycles. The minimum Gasteiger partial charge on any atom is -0.358 e. The molecule has 9 nitrogen and oxygen atoms in total. The van der Waals surface area contributed by atoms with Gasteiger partial charge < -0.3 is 15.4 Å². The quantitative estimate of drug-likeness (QED) is 0.355. The number of halogens is 4. The average molecular weight is 523 g/mol. The first-order chi connectivity index (χ1) is 13.7. The number of hydrogen-bond donors (Lipinski definition) is 1. The molecule has 0 aliphatic heterocycles. The summed E-state index contributed by atoms with van der Waals surface area (Å²) in [5, 5.41) is 22.7. The van der Waals surface area contributed by atoms with Gasteiger partial charge in [-0.15, -0.1) is 0 Å². The van der Waals surface area contributed by atoms with Gasteiger partial charge in [0.2, 0.25) is 5.91 Å². The summed E-state index contributed by atoms with van der Waals surface area (Å²) in [7, 11) is 0. The Morgan fingerprint density at radius 3 is 2.59 bits per heavy atom. The van der Waals surface area contributed by atoms with Crippen molar-refractivity contribution < 1.29 is 9.72 Å². The maximum Gasteiger partial charge on any atom is 0.404 e. The summed E-state index contributed by atoms with van der Waals surface area (Å²) in [5.74, 6) is -0.474. The minimum absolute atomic E-state index is 0.0253. The first kappa shape index (κ1) is 21.6. The molecule has 152 valence electrons. The molecule has 2 aromatic heterocycles. The highest BCUT2D eigenvalue weighted by Crippen LogP contribution is 2.25. The molecule has 13 heteroatoms. The number of amides is 1. The van der Waals surface area contributed by atoms with Crippen molar-refractivity contribution in [2.45, 2.75) is 19.5 Å². The normalized spacial score (nSPS) is 10.9. The Morgan fingerprint density at radius 2 is 1.93 bits per heavy atom. The highest BCUT2D eigenvalue weighted by molar-refractivity contribution is 9.10. The van der Waals surface area contributed by atoms with Gasteiger partial charge in [-0.25, -0.2) is 0 Å². The third-order valence-corrected chi connectivity index (χ3v) is 5.19. The molecule has 0 unspecified atom stereocenters. The van der Waals surface area contributed by atoms with E-state index >= 15 is 0 Å². The summed E-state index contributed by atoms with van der Waals surface area (Å²) >= 11 is 21.2. The van der Waals surface area contributed by atoms with Crippen molar-refractivity contribution in [3.63, 3.8) is 0 Å². The van der Waals surface area contributed by atoms with Crippen molar-refractivity contribution in [3.05, 3.63) is 65.8 Å². The van der Waals surface area contributed by atoms with Gasteiger partial charge in [-0.2, -0.15) is 9.78 Å². The first-order valence-corrected chi connectivity index (χ1v) is 9.99. The van der Waals surface area contributed by atoms with Crippen LogP contribution in [0.2, 0.25) is 15.1 Å². The third-order valence-electron chi connectivity index (χ3n) is 3.76. The number of aromatic nitrogens is 4. The smallest absolute Gasteiger partial charge is 0.358 e. The number of rotatable bonds is 7. The maximum absolute atomic E-state index is 12.2. The standard InChI is InChI=1S/C16H12BrCl3N6O3/c17-11-7-24(23-16(11)26(28)29)4-3-14(27)21-15-13(20)8-25(22-15)6-9-1-2-10(18)5-12(9)19/h1-2,5,7-8H,3-4,6H2,(H,21,22,27). The number of nitro groups is 1. The molecule has 1 N–H and O–H groups in total. The van der Waals surface area contributed by atoms with Crippen molar-refractivity contribution >= 4 is 68.3 Å². The SMILES string of the molecule is O=C(CCn1cc(Br)c([N+](=O)[O-])n1)Nc1nn(Cc2ccc(Cl)cc2Cl)cc1Cl. The van der Waals surface area contributed by atoms with E-state index in [1.54, 1.807) is 29.1 Å². The van der Waals surface area contributed by atoms with E-state index in [9.17, 15) is 14.9 Å². The van der Waals surface area contributed by atoms with Crippen LogP contribution in [-0.4, -0.2) is 30.4 Å². The van der Waals surface area contributed by atoms with Gasteiger partial charge in [0.15, 0.2) is 5.82 Å². The van der Waals surface area contributed by atoms with E-state index in [2.05, 4.69) is 31.4 Å². The van der Waals surface area contributed by atoms with E-state index in [1.165, 1.54) is 10.9 Å². The van der Waals surface area contributed by atoms with Gasteiger partial charge in [0.1, 0.15) is 9.50 Å². The summed E-state index contributed by atoms with van der Waals surface area (Å²) in [6, 6.07) is 5.12. The summed E-state index contributed by atoms with van der Waals surface area (Å²) in [6.07, 6.45) is 3.02. The second kappa shape index (κ2) is 9.12. The highest BCUT2D eigenvalue weighted by Gasteiger charge is 2.19. The number of hydrogen-bond acceptors (Lipinski definition) is 5. The summed E-state index contributed by atoms with van der Waals surface area (Å²) in [6.45, 7) is 0.494. The largest absolute Gasteiger partial charge is 0.404 e. The molecule has 1 aromatic carbocycles. The van der Waals surface area contributed by atoms with Crippen LogP contribution in [0.15, 0.2) is 35.1 Å². The second-order valence-electron chi connectivity index (χ2n) is 5.88. The molecule has 29 heavy (non-hydrogen) atoms. The fourth-order valence-corrected chi connectivity index (χ4v) is 3.55. The minimum atomic E-state index is -0.611. The van der Waals surface area contributed by atoms with Crippen LogP contribution in [0.1, 0.15) is 12.0 Å².